The zero-order valence-corrected chi connectivity index (χ0v) is 15.9. The third-order valence-corrected chi connectivity index (χ3v) is 6.50. The number of hydrogen-bond donors (Lipinski definition) is 1. The van der Waals surface area contributed by atoms with Crippen molar-refractivity contribution in [3.8, 4) is 0 Å². The van der Waals surface area contributed by atoms with Gasteiger partial charge in [-0.15, -0.1) is 0 Å². The Morgan fingerprint density at radius 1 is 1.23 bits per heavy atom. The summed E-state index contributed by atoms with van der Waals surface area (Å²) in [5.74, 6) is -1.45. The summed E-state index contributed by atoms with van der Waals surface area (Å²) >= 11 is 0. The molecule has 0 saturated carbocycles. The zero-order chi connectivity index (χ0) is 19.5. The first-order valence-corrected chi connectivity index (χ1v) is 9.72. The molecule has 2 atom stereocenters. The van der Waals surface area contributed by atoms with Gasteiger partial charge in [-0.3, -0.25) is 0 Å². The maximum Gasteiger partial charge on any atom is 0.339 e. The van der Waals surface area contributed by atoms with E-state index in [1.165, 1.54) is 30.7 Å². The topological polar surface area (TPSA) is 116 Å². The maximum atomic E-state index is 13.2. The van der Waals surface area contributed by atoms with Gasteiger partial charge in [0.2, 0.25) is 10.0 Å². The van der Waals surface area contributed by atoms with Crippen LogP contribution >= 0.6 is 0 Å². The normalized spacial score (nSPS) is 19.6. The predicted octanol–water partition coefficient (Wildman–Crippen LogP) is 1.01. The average molecular weight is 384 g/mol. The molecule has 144 valence electrons. The van der Waals surface area contributed by atoms with E-state index in [0.717, 1.165) is 12.5 Å². The molecule has 2 unspecified atom stereocenters. The minimum absolute atomic E-state index is 0.0314. The Kier molecular flexibility index (Phi) is 6.38. The summed E-state index contributed by atoms with van der Waals surface area (Å²) < 4.78 is 37.0. The number of piperidine rings is 1. The molecule has 0 aliphatic carbocycles. The fraction of sp³-hybridized carbons (Fsp3) is 0.529. The molecule has 8 nitrogen and oxygen atoms in total. The number of esters is 2. The van der Waals surface area contributed by atoms with Crippen molar-refractivity contribution < 1.29 is 27.5 Å². The summed E-state index contributed by atoms with van der Waals surface area (Å²) in [4.78, 5) is 23.6. The van der Waals surface area contributed by atoms with Crippen molar-refractivity contribution in [1.29, 1.82) is 0 Å². The molecule has 0 bridgehead atoms. The highest BCUT2D eigenvalue weighted by atomic mass is 32.2. The molecule has 1 heterocycles. The van der Waals surface area contributed by atoms with Gasteiger partial charge in [-0.1, -0.05) is 0 Å². The summed E-state index contributed by atoms with van der Waals surface area (Å²) in [6.07, 6.45) is 1.52. The lowest BCUT2D eigenvalue weighted by Crippen LogP contribution is -2.45. The molecule has 9 heteroatoms. The van der Waals surface area contributed by atoms with Crippen LogP contribution in [-0.2, 0) is 19.5 Å². The van der Waals surface area contributed by atoms with Gasteiger partial charge in [-0.2, -0.15) is 4.31 Å². The Balaban J connectivity index is 2.52. The van der Waals surface area contributed by atoms with Gasteiger partial charge in [0.15, 0.2) is 0 Å². The molecule has 1 aromatic rings. The summed E-state index contributed by atoms with van der Waals surface area (Å²) in [5.41, 5.74) is 5.86. The third kappa shape index (κ3) is 4.05. The maximum absolute atomic E-state index is 13.2. The van der Waals surface area contributed by atoms with Gasteiger partial charge < -0.3 is 15.2 Å². The van der Waals surface area contributed by atoms with E-state index in [9.17, 15) is 18.0 Å². The molecule has 1 aliphatic heterocycles. The first kappa shape index (κ1) is 20.3. The van der Waals surface area contributed by atoms with Gasteiger partial charge in [0, 0.05) is 19.1 Å². The number of benzene rings is 1. The molecule has 1 aliphatic rings. The molecule has 2 N–H and O–H groups in total. The van der Waals surface area contributed by atoms with E-state index in [1.807, 2.05) is 6.92 Å². The minimum Gasteiger partial charge on any atom is -0.465 e. The highest BCUT2D eigenvalue weighted by molar-refractivity contribution is 7.89. The van der Waals surface area contributed by atoms with Crippen LogP contribution in [0.5, 0.6) is 0 Å². The molecule has 1 saturated heterocycles. The number of sulfonamides is 1. The fourth-order valence-corrected chi connectivity index (χ4v) is 4.76. The molecule has 2 rings (SSSR count). The molecular formula is C17H24N2O6S. The molecule has 26 heavy (non-hydrogen) atoms. The van der Waals surface area contributed by atoms with E-state index in [0.29, 0.717) is 13.0 Å². The monoisotopic (exact) mass is 384 g/mol. The van der Waals surface area contributed by atoms with Crippen molar-refractivity contribution in [2.75, 3.05) is 27.3 Å². The number of methoxy groups -OCH3 is 2. The number of nitrogens with two attached hydrogens (primary N) is 1. The molecule has 1 aromatic carbocycles. The summed E-state index contributed by atoms with van der Waals surface area (Å²) in [5, 5.41) is 0. The van der Waals surface area contributed by atoms with Gasteiger partial charge in [0.1, 0.15) is 0 Å². The Bertz CT molecular complexity index is 790. The van der Waals surface area contributed by atoms with E-state index in [2.05, 4.69) is 9.47 Å². The summed E-state index contributed by atoms with van der Waals surface area (Å²) in [7, 11) is -1.65. The Hall–Kier alpha value is -1.97. The van der Waals surface area contributed by atoms with E-state index >= 15 is 0 Å². The van der Waals surface area contributed by atoms with Crippen molar-refractivity contribution in [1.82, 2.24) is 4.31 Å². The average Bonchev–Trinajstić information content (AvgIpc) is 2.66. The summed E-state index contributed by atoms with van der Waals surface area (Å²) in [6.45, 7) is 2.44. The first-order valence-electron chi connectivity index (χ1n) is 8.28. The van der Waals surface area contributed by atoms with Crippen LogP contribution < -0.4 is 5.73 Å². The zero-order valence-electron chi connectivity index (χ0n) is 15.1. The molecule has 0 radical (unpaired) electrons. The number of nitrogens with zero attached hydrogens (tertiary/aromatic N) is 1. The van der Waals surface area contributed by atoms with Crippen molar-refractivity contribution in [3.63, 3.8) is 0 Å². The lowest BCUT2D eigenvalue weighted by Gasteiger charge is -2.34. The fourth-order valence-electron chi connectivity index (χ4n) is 3.02. The Morgan fingerprint density at radius 3 is 2.46 bits per heavy atom. The highest BCUT2D eigenvalue weighted by Crippen LogP contribution is 2.28. The Labute approximate surface area is 153 Å². The molecule has 0 spiro atoms. The van der Waals surface area contributed by atoms with Crippen LogP contribution in [0.4, 0.5) is 0 Å². The minimum atomic E-state index is -4.01. The molecular weight excluding hydrogens is 360 g/mol. The molecule has 0 aromatic heterocycles. The SMILES string of the molecule is COC(=O)c1ccc(C(=O)OC)c(S(=O)(=O)N2CCCC(C(C)N)C2)c1. The van der Waals surface area contributed by atoms with Gasteiger partial charge in [-0.05, 0) is 43.9 Å². The number of hydrogen-bond acceptors (Lipinski definition) is 7. The largest absolute Gasteiger partial charge is 0.465 e. The number of ether oxygens (including phenoxy) is 2. The standard InChI is InChI=1S/C17H24N2O6S/c1-11(18)13-5-4-8-19(10-13)26(22,23)15-9-12(16(20)24-2)6-7-14(15)17(21)25-3/h6-7,9,11,13H,4-5,8,10,18H2,1-3H3. The van der Waals surface area contributed by atoms with Gasteiger partial charge in [-0.25, -0.2) is 18.0 Å². The van der Waals surface area contributed by atoms with Crippen LogP contribution in [0.2, 0.25) is 0 Å². The van der Waals surface area contributed by atoms with Crippen LogP contribution in [-0.4, -0.2) is 58.0 Å². The first-order chi connectivity index (χ1) is 12.2. The number of carbonyl (C=O) groups excluding carboxylic acids is 2. The summed E-state index contributed by atoms with van der Waals surface area (Å²) in [6, 6.07) is 3.60. The second-order valence-electron chi connectivity index (χ2n) is 6.32. The smallest absolute Gasteiger partial charge is 0.339 e. The second-order valence-corrected chi connectivity index (χ2v) is 8.22. The van der Waals surface area contributed by atoms with Crippen LogP contribution in [0.3, 0.4) is 0 Å². The van der Waals surface area contributed by atoms with Crippen LogP contribution in [0, 0.1) is 5.92 Å². The van der Waals surface area contributed by atoms with Crippen molar-refractivity contribution in [2.24, 2.45) is 11.7 Å². The lowest BCUT2D eigenvalue weighted by atomic mass is 9.93. The molecule has 1 fully saturated rings. The Morgan fingerprint density at radius 2 is 1.88 bits per heavy atom. The number of rotatable bonds is 5. The predicted molar refractivity (Wildman–Crippen MR) is 94.3 cm³/mol. The van der Waals surface area contributed by atoms with Crippen molar-refractivity contribution >= 4 is 22.0 Å². The van der Waals surface area contributed by atoms with Crippen molar-refractivity contribution in [3.05, 3.63) is 29.3 Å². The van der Waals surface area contributed by atoms with Gasteiger partial charge in [0.05, 0.1) is 30.2 Å². The van der Waals surface area contributed by atoms with Crippen molar-refractivity contribution in [2.45, 2.75) is 30.7 Å². The quantitative estimate of drug-likeness (QED) is 0.753. The van der Waals surface area contributed by atoms with Crippen LogP contribution in [0.15, 0.2) is 23.1 Å². The van der Waals surface area contributed by atoms with Gasteiger partial charge >= 0.3 is 11.9 Å². The van der Waals surface area contributed by atoms with Crippen LogP contribution in [0.25, 0.3) is 0 Å². The highest BCUT2D eigenvalue weighted by Gasteiger charge is 2.34. The van der Waals surface area contributed by atoms with E-state index in [-0.39, 0.29) is 34.5 Å². The third-order valence-electron chi connectivity index (χ3n) is 4.59. The molecule has 0 amide bonds. The van der Waals surface area contributed by atoms with Crippen LogP contribution in [0.1, 0.15) is 40.5 Å². The van der Waals surface area contributed by atoms with E-state index in [4.69, 9.17) is 5.73 Å². The van der Waals surface area contributed by atoms with E-state index < -0.39 is 22.0 Å². The lowest BCUT2D eigenvalue weighted by molar-refractivity contribution is 0.0583. The second kappa shape index (κ2) is 8.15. The van der Waals surface area contributed by atoms with Gasteiger partial charge in [0.25, 0.3) is 0 Å². The number of carbonyl (C=O) groups is 2. The van der Waals surface area contributed by atoms with E-state index in [1.54, 1.807) is 0 Å².